The van der Waals surface area contributed by atoms with E-state index >= 15 is 0 Å². The van der Waals surface area contributed by atoms with Gasteiger partial charge in [-0.3, -0.25) is 4.79 Å². The Morgan fingerprint density at radius 2 is 1.61 bits per heavy atom. The van der Waals surface area contributed by atoms with Gasteiger partial charge in [-0.2, -0.15) is 0 Å². The summed E-state index contributed by atoms with van der Waals surface area (Å²) >= 11 is 0. The van der Waals surface area contributed by atoms with Crippen LogP contribution in [0.3, 0.4) is 0 Å². The van der Waals surface area contributed by atoms with E-state index < -0.39 is 11.8 Å². The highest BCUT2D eigenvalue weighted by Crippen LogP contribution is 2.08. The van der Waals surface area contributed by atoms with E-state index in [1.165, 1.54) is 0 Å². The molecule has 0 unspecified atom stereocenters. The summed E-state index contributed by atoms with van der Waals surface area (Å²) in [4.78, 5) is 23.3. The molecular weight excluding hydrogens is 288 g/mol. The van der Waals surface area contributed by atoms with Crippen molar-refractivity contribution in [1.82, 2.24) is 0 Å². The molecule has 0 aliphatic carbocycles. The zero-order valence-corrected chi connectivity index (χ0v) is 12.6. The van der Waals surface area contributed by atoms with Gasteiger partial charge in [-0.15, -0.1) is 0 Å². The zero-order chi connectivity index (χ0) is 16.5. The molecule has 0 aliphatic heterocycles. The van der Waals surface area contributed by atoms with Crippen molar-refractivity contribution < 1.29 is 14.3 Å². The molecule has 2 aromatic carbocycles. The topological polar surface area (TPSA) is 43.4 Å². The monoisotopic (exact) mass is 302 g/mol. The van der Waals surface area contributed by atoms with Crippen molar-refractivity contribution in [3.05, 3.63) is 71.3 Å². The second-order valence-corrected chi connectivity index (χ2v) is 4.46. The van der Waals surface area contributed by atoms with E-state index in [2.05, 4.69) is 28.4 Å². The van der Waals surface area contributed by atoms with E-state index in [1.54, 1.807) is 31.2 Å². The Bertz CT molecular complexity index is 828. The molecule has 0 amide bonds. The van der Waals surface area contributed by atoms with Crippen molar-refractivity contribution in [3.8, 4) is 23.7 Å². The summed E-state index contributed by atoms with van der Waals surface area (Å²) < 4.78 is 4.67. The predicted molar refractivity (Wildman–Crippen MR) is 87.6 cm³/mol. The molecular formula is C20H14O3. The Morgan fingerprint density at radius 3 is 2.35 bits per heavy atom. The highest BCUT2D eigenvalue weighted by atomic mass is 16.5. The van der Waals surface area contributed by atoms with E-state index in [9.17, 15) is 9.59 Å². The SMILES string of the molecule is CCOC(=O)C#CC(=O)c1ccccc1C#Cc1ccccc1. The number of ether oxygens (including phenoxy) is 1. The van der Waals surface area contributed by atoms with Crippen molar-refractivity contribution in [2.45, 2.75) is 6.92 Å². The number of esters is 1. The number of carbonyl (C=O) groups is 2. The number of rotatable bonds is 2. The lowest BCUT2D eigenvalue weighted by Gasteiger charge is -1.98. The standard InChI is InChI=1S/C20H14O3/c1-2-23-20(22)15-14-19(21)18-11-7-6-10-17(18)13-12-16-8-4-3-5-9-16/h3-11H,2H2,1H3. The van der Waals surface area contributed by atoms with Crippen LogP contribution < -0.4 is 0 Å². The Morgan fingerprint density at radius 1 is 0.913 bits per heavy atom. The van der Waals surface area contributed by atoms with E-state index in [0.717, 1.165) is 5.56 Å². The third kappa shape index (κ3) is 4.88. The van der Waals surface area contributed by atoms with Crippen molar-refractivity contribution >= 4 is 11.8 Å². The molecule has 2 rings (SSSR count). The summed E-state index contributed by atoms with van der Waals surface area (Å²) in [5.41, 5.74) is 1.79. The van der Waals surface area contributed by atoms with E-state index in [-0.39, 0.29) is 6.61 Å². The van der Waals surface area contributed by atoms with Crippen molar-refractivity contribution in [2.75, 3.05) is 6.61 Å². The summed E-state index contributed by atoms with van der Waals surface area (Å²) in [6, 6.07) is 16.4. The number of benzene rings is 2. The Hall–Kier alpha value is -3.30. The summed E-state index contributed by atoms with van der Waals surface area (Å²) in [5.74, 6) is 9.26. The smallest absolute Gasteiger partial charge is 0.384 e. The molecule has 0 aliphatic rings. The van der Waals surface area contributed by atoms with Crippen LogP contribution in [0.2, 0.25) is 0 Å². The predicted octanol–water partition coefficient (Wildman–Crippen LogP) is 2.84. The van der Waals surface area contributed by atoms with Gasteiger partial charge >= 0.3 is 5.97 Å². The average Bonchev–Trinajstić information content (AvgIpc) is 2.59. The van der Waals surface area contributed by atoms with E-state index in [1.807, 2.05) is 30.3 Å². The molecule has 0 radical (unpaired) electrons. The van der Waals surface area contributed by atoms with Crippen LogP contribution in [-0.2, 0) is 9.53 Å². The first-order valence-electron chi connectivity index (χ1n) is 7.10. The highest BCUT2D eigenvalue weighted by Gasteiger charge is 2.07. The fourth-order valence-corrected chi connectivity index (χ4v) is 1.79. The second kappa shape index (κ2) is 8.22. The molecule has 0 fully saturated rings. The maximum absolute atomic E-state index is 12.1. The van der Waals surface area contributed by atoms with Crippen LogP contribution in [0.15, 0.2) is 54.6 Å². The largest absolute Gasteiger partial charge is 0.456 e. The van der Waals surface area contributed by atoms with Crippen LogP contribution in [0.5, 0.6) is 0 Å². The van der Waals surface area contributed by atoms with Crippen molar-refractivity contribution in [3.63, 3.8) is 0 Å². The Labute approximate surface area is 135 Å². The highest BCUT2D eigenvalue weighted by molar-refractivity contribution is 6.13. The number of hydrogen-bond donors (Lipinski definition) is 0. The summed E-state index contributed by atoms with van der Waals surface area (Å²) in [6.07, 6.45) is 0. The van der Waals surface area contributed by atoms with Gasteiger partial charge in [-0.05, 0) is 37.1 Å². The van der Waals surface area contributed by atoms with Crippen LogP contribution in [0, 0.1) is 23.7 Å². The Balaban J connectivity index is 2.26. The first-order valence-corrected chi connectivity index (χ1v) is 7.10. The first-order chi connectivity index (χ1) is 11.2. The number of ketones is 1. The molecule has 23 heavy (non-hydrogen) atoms. The molecule has 0 spiro atoms. The number of carbonyl (C=O) groups excluding carboxylic acids is 2. The van der Waals surface area contributed by atoms with Gasteiger partial charge in [0.15, 0.2) is 0 Å². The van der Waals surface area contributed by atoms with Gasteiger partial charge in [0.1, 0.15) is 0 Å². The fraction of sp³-hybridized carbons (Fsp3) is 0.100. The van der Waals surface area contributed by atoms with Gasteiger partial charge in [-0.1, -0.05) is 42.2 Å². The first kappa shape index (κ1) is 16.1. The average molecular weight is 302 g/mol. The van der Waals surface area contributed by atoms with Crippen LogP contribution in [0.4, 0.5) is 0 Å². The minimum atomic E-state index is -0.714. The molecule has 0 saturated heterocycles. The minimum Gasteiger partial charge on any atom is -0.456 e. The van der Waals surface area contributed by atoms with Gasteiger partial charge in [0.05, 0.1) is 6.61 Å². The third-order valence-electron chi connectivity index (χ3n) is 2.84. The normalized spacial score (nSPS) is 8.91. The molecule has 112 valence electrons. The van der Waals surface area contributed by atoms with Gasteiger partial charge in [0.2, 0.25) is 5.78 Å². The van der Waals surface area contributed by atoms with Crippen molar-refractivity contribution in [1.29, 1.82) is 0 Å². The summed E-state index contributed by atoms with van der Waals surface area (Å²) in [7, 11) is 0. The lowest BCUT2D eigenvalue weighted by Crippen LogP contribution is -2.03. The molecule has 0 N–H and O–H groups in total. The quantitative estimate of drug-likeness (QED) is 0.282. The van der Waals surface area contributed by atoms with E-state index in [4.69, 9.17) is 0 Å². The third-order valence-corrected chi connectivity index (χ3v) is 2.84. The lowest BCUT2D eigenvalue weighted by molar-refractivity contribution is -0.136. The molecule has 0 aromatic heterocycles. The molecule has 0 bridgehead atoms. The van der Waals surface area contributed by atoms with E-state index in [0.29, 0.717) is 11.1 Å². The molecule has 0 heterocycles. The van der Waals surface area contributed by atoms with Gasteiger partial charge in [-0.25, -0.2) is 4.79 Å². The maximum atomic E-state index is 12.1. The molecule has 0 atom stereocenters. The minimum absolute atomic E-state index is 0.223. The second-order valence-electron chi connectivity index (χ2n) is 4.46. The zero-order valence-electron chi connectivity index (χ0n) is 12.6. The van der Waals surface area contributed by atoms with Gasteiger partial charge in [0, 0.05) is 22.6 Å². The van der Waals surface area contributed by atoms with Crippen LogP contribution in [-0.4, -0.2) is 18.4 Å². The molecule has 3 nitrogen and oxygen atoms in total. The van der Waals surface area contributed by atoms with Crippen LogP contribution in [0.25, 0.3) is 0 Å². The summed E-state index contributed by atoms with van der Waals surface area (Å²) in [6.45, 7) is 1.90. The number of Topliss-reactive ketones (excluding diaryl/α,β-unsaturated/α-hetero) is 1. The van der Waals surface area contributed by atoms with Crippen molar-refractivity contribution in [2.24, 2.45) is 0 Å². The Kier molecular flexibility index (Phi) is 5.74. The van der Waals surface area contributed by atoms with Crippen LogP contribution >= 0.6 is 0 Å². The molecule has 2 aromatic rings. The molecule has 0 saturated carbocycles. The summed E-state index contributed by atoms with van der Waals surface area (Å²) in [5, 5.41) is 0. The van der Waals surface area contributed by atoms with Gasteiger partial charge < -0.3 is 4.74 Å². The maximum Gasteiger partial charge on any atom is 0.384 e. The lowest BCUT2D eigenvalue weighted by atomic mass is 10.0. The van der Waals surface area contributed by atoms with Gasteiger partial charge in [0.25, 0.3) is 0 Å². The molecule has 3 heteroatoms. The van der Waals surface area contributed by atoms with Crippen LogP contribution in [0.1, 0.15) is 28.4 Å². The fourth-order valence-electron chi connectivity index (χ4n) is 1.79. The number of hydrogen-bond acceptors (Lipinski definition) is 3.